The number of unbranched alkanes of at least 4 members (excludes halogenated alkanes) is 1. The number of hydrogen-bond acceptors (Lipinski definition) is 5. The van der Waals surface area contributed by atoms with Crippen LogP contribution in [0.5, 0.6) is 5.75 Å². The van der Waals surface area contributed by atoms with Gasteiger partial charge in [0.2, 0.25) is 0 Å². The Morgan fingerprint density at radius 1 is 1.35 bits per heavy atom. The number of rotatable bonds is 10. The zero-order chi connectivity index (χ0) is 17.5. The minimum atomic E-state index is -0.781. The van der Waals surface area contributed by atoms with E-state index in [2.05, 4.69) is 15.9 Å². The number of benzene rings is 1. The highest BCUT2D eigenvalue weighted by Crippen LogP contribution is 2.18. The van der Waals surface area contributed by atoms with Crippen molar-refractivity contribution in [3.63, 3.8) is 0 Å². The minimum absolute atomic E-state index is 0.170. The first-order valence-corrected chi connectivity index (χ1v) is 7.88. The first kappa shape index (κ1) is 20.8. The Kier molecular flexibility index (Phi) is 12.1. The Labute approximate surface area is 142 Å². The lowest BCUT2D eigenvalue weighted by Crippen LogP contribution is -2.31. The maximum Gasteiger partial charge on any atom is 0.303 e. The maximum absolute atomic E-state index is 10.4. The van der Waals surface area contributed by atoms with Crippen LogP contribution in [0.25, 0.3) is 0 Å². The number of ether oxygens (including phenoxy) is 1. The highest BCUT2D eigenvalue weighted by molar-refractivity contribution is 7.79. The van der Waals surface area contributed by atoms with Crippen molar-refractivity contribution in [3.05, 3.63) is 24.3 Å². The molecule has 0 spiro atoms. The van der Waals surface area contributed by atoms with E-state index in [0.717, 1.165) is 11.4 Å². The van der Waals surface area contributed by atoms with Crippen molar-refractivity contribution >= 4 is 29.4 Å². The summed E-state index contributed by atoms with van der Waals surface area (Å²) in [5.74, 6) is -0.0631. The molecule has 0 radical (unpaired) electrons. The molecule has 128 valence electrons. The number of carboxylic acid groups (broad SMARTS) is 1. The van der Waals surface area contributed by atoms with Gasteiger partial charge in [-0.15, -0.1) is 0 Å². The molecule has 0 aromatic heterocycles. The summed E-state index contributed by atoms with van der Waals surface area (Å²) in [5.41, 5.74) is 4.88. The molecule has 1 rings (SSSR count). The SMILES string of the molecule is CC.CN=NNN(C=S)c1ccc(OCCCCC(=O)O)cc1. The lowest BCUT2D eigenvalue weighted by molar-refractivity contribution is -0.137. The van der Waals surface area contributed by atoms with Gasteiger partial charge in [0.05, 0.1) is 24.8 Å². The second-order valence-electron chi connectivity index (χ2n) is 4.07. The van der Waals surface area contributed by atoms with E-state index in [1.54, 1.807) is 12.1 Å². The van der Waals surface area contributed by atoms with Crippen LogP contribution in [0, 0.1) is 0 Å². The van der Waals surface area contributed by atoms with Gasteiger partial charge in [0.15, 0.2) is 0 Å². The molecule has 2 N–H and O–H groups in total. The molecular formula is C15H24N4O3S. The van der Waals surface area contributed by atoms with Crippen molar-refractivity contribution in [1.29, 1.82) is 0 Å². The van der Waals surface area contributed by atoms with Crippen LogP contribution in [-0.2, 0) is 4.79 Å². The number of nitrogens with one attached hydrogen (secondary N) is 1. The Balaban J connectivity index is 0.00000232. The zero-order valence-corrected chi connectivity index (χ0v) is 14.5. The molecule has 0 amide bonds. The van der Waals surface area contributed by atoms with Gasteiger partial charge in [-0.2, -0.15) is 10.6 Å². The second-order valence-corrected chi connectivity index (χ2v) is 4.28. The van der Waals surface area contributed by atoms with Gasteiger partial charge in [-0.25, -0.2) is 5.01 Å². The molecule has 0 atom stereocenters. The first-order chi connectivity index (χ1) is 11.2. The van der Waals surface area contributed by atoms with Crippen LogP contribution >= 0.6 is 12.2 Å². The highest BCUT2D eigenvalue weighted by Gasteiger charge is 2.03. The topological polar surface area (TPSA) is 86.5 Å². The van der Waals surface area contributed by atoms with Gasteiger partial charge in [0, 0.05) is 6.42 Å². The van der Waals surface area contributed by atoms with Crippen LogP contribution in [-0.4, -0.2) is 30.2 Å². The lowest BCUT2D eigenvalue weighted by Gasteiger charge is -2.17. The first-order valence-electron chi connectivity index (χ1n) is 7.41. The van der Waals surface area contributed by atoms with Crippen LogP contribution in [0.4, 0.5) is 5.69 Å². The predicted molar refractivity (Wildman–Crippen MR) is 94.8 cm³/mol. The van der Waals surface area contributed by atoms with E-state index in [-0.39, 0.29) is 6.42 Å². The molecule has 0 aliphatic rings. The number of nitrogens with zero attached hydrogens (tertiary/aromatic N) is 3. The largest absolute Gasteiger partial charge is 0.494 e. The van der Waals surface area contributed by atoms with E-state index in [1.807, 2.05) is 38.1 Å². The zero-order valence-electron chi connectivity index (χ0n) is 13.7. The molecule has 0 saturated heterocycles. The van der Waals surface area contributed by atoms with Gasteiger partial charge < -0.3 is 9.84 Å². The standard InChI is InChI=1S/C13H18N4O3S.C2H6/c1-14-15-16-17(10-21)11-5-7-12(8-6-11)20-9-3-2-4-13(18)19;1-2/h5-8,10H,2-4,9H2,1H3,(H,14,16)(H,18,19);1-2H3. The molecular weight excluding hydrogens is 316 g/mol. The molecule has 1 aromatic rings. The summed E-state index contributed by atoms with van der Waals surface area (Å²) in [6.07, 6.45) is 1.49. The Hall–Kier alpha value is -2.22. The van der Waals surface area contributed by atoms with Gasteiger partial charge in [0.1, 0.15) is 5.75 Å². The number of aliphatic carboxylic acids is 1. The Morgan fingerprint density at radius 2 is 2.00 bits per heavy atom. The Bertz CT molecular complexity index is 480. The molecule has 7 nitrogen and oxygen atoms in total. The number of hydrazine groups is 1. The van der Waals surface area contributed by atoms with Crippen molar-refractivity contribution in [1.82, 2.24) is 5.53 Å². The molecule has 1 aromatic carbocycles. The summed E-state index contributed by atoms with van der Waals surface area (Å²) in [4.78, 5) is 10.4. The molecule has 0 heterocycles. The molecule has 23 heavy (non-hydrogen) atoms. The summed E-state index contributed by atoms with van der Waals surface area (Å²) in [6.45, 7) is 4.49. The smallest absolute Gasteiger partial charge is 0.303 e. The van der Waals surface area contributed by atoms with Crippen LogP contribution in [0.3, 0.4) is 0 Å². The van der Waals surface area contributed by atoms with Crippen molar-refractivity contribution < 1.29 is 14.6 Å². The quantitative estimate of drug-likeness (QED) is 0.293. The third-order valence-electron chi connectivity index (χ3n) is 2.53. The molecule has 0 aliphatic heterocycles. The van der Waals surface area contributed by atoms with E-state index in [9.17, 15) is 4.79 Å². The third kappa shape index (κ3) is 9.41. The van der Waals surface area contributed by atoms with E-state index in [1.165, 1.54) is 5.49 Å². The number of carbonyl (C=O) groups is 1. The van der Waals surface area contributed by atoms with Crippen molar-refractivity contribution in [2.75, 3.05) is 18.7 Å². The third-order valence-corrected chi connectivity index (χ3v) is 2.74. The fraction of sp³-hybridized carbons (Fsp3) is 0.467. The van der Waals surface area contributed by atoms with Gasteiger partial charge in [-0.3, -0.25) is 4.79 Å². The van der Waals surface area contributed by atoms with Crippen LogP contribution in [0.2, 0.25) is 0 Å². The molecule has 0 aliphatic carbocycles. The van der Waals surface area contributed by atoms with Gasteiger partial charge in [0.25, 0.3) is 0 Å². The number of thiocarbonyl (C=S) groups is 1. The summed E-state index contributed by atoms with van der Waals surface area (Å²) >= 11 is 4.88. The van der Waals surface area contributed by atoms with Gasteiger partial charge in [-0.1, -0.05) is 31.3 Å². The van der Waals surface area contributed by atoms with Crippen molar-refractivity contribution in [2.45, 2.75) is 33.1 Å². The molecule has 0 unspecified atom stereocenters. The second kappa shape index (κ2) is 13.4. The molecule has 0 bridgehead atoms. The number of hydrogen-bond donors (Lipinski definition) is 2. The number of carboxylic acids is 1. The van der Waals surface area contributed by atoms with Crippen LogP contribution in [0.15, 0.2) is 34.6 Å². The summed E-state index contributed by atoms with van der Waals surface area (Å²) in [6, 6.07) is 7.27. The van der Waals surface area contributed by atoms with E-state index in [4.69, 9.17) is 22.1 Å². The average Bonchev–Trinajstić information content (AvgIpc) is 2.58. The van der Waals surface area contributed by atoms with E-state index >= 15 is 0 Å². The summed E-state index contributed by atoms with van der Waals surface area (Å²) in [7, 11) is 1.55. The Morgan fingerprint density at radius 3 is 2.52 bits per heavy atom. The predicted octanol–water partition coefficient (Wildman–Crippen LogP) is 3.61. The van der Waals surface area contributed by atoms with Crippen LogP contribution < -0.4 is 15.3 Å². The van der Waals surface area contributed by atoms with Gasteiger partial charge in [-0.05, 0) is 37.1 Å². The summed E-state index contributed by atoms with van der Waals surface area (Å²) < 4.78 is 5.53. The molecule has 0 fully saturated rings. The van der Waals surface area contributed by atoms with E-state index in [0.29, 0.717) is 19.4 Å². The highest BCUT2D eigenvalue weighted by atomic mass is 32.1. The maximum atomic E-state index is 10.4. The van der Waals surface area contributed by atoms with E-state index < -0.39 is 5.97 Å². The minimum Gasteiger partial charge on any atom is -0.494 e. The summed E-state index contributed by atoms with van der Waals surface area (Å²) in [5, 5.41) is 17.3. The van der Waals surface area contributed by atoms with Crippen molar-refractivity contribution in [3.8, 4) is 5.75 Å². The number of anilines is 1. The fourth-order valence-corrected chi connectivity index (χ4v) is 1.68. The monoisotopic (exact) mass is 340 g/mol. The lowest BCUT2D eigenvalue weighted by atomic mass is 10.2. The average molecular weight is 340 g/mol. The van der Waals surface area contributed by atoms with Crippen molar-refractivity contribution in [2.24, 2.45) is 10.3 Å². The molecule has 0 saturated carbocycles. The normalized spacial score (nSPS) is 9.70. The molecule has 8 heteroatoms. The fourth-order valence-electron chi connectivity index (χ4n) is 1.51. The van der Waals surface area contributed by atoms with Crippen LogP contribution in [0.1, 0.15) is 33.1 Å². The van der Waals surface area contributed by atoms with Gasteiger partial charge >= 0.3 is 5.97 Å².